The topological polar surface area (TPSA) is 144 Å². The van der Waals surface area contributed by atoms with Gasteiger partial charge in [-0.3, -0.25) is 9.59 Å². The molecule has 0 radical (unpaired) electrons. The first kappa shape index (κ1) is 29.9. The number of benzene rings is 2. The number of carbonyl (C=O) groups is 2. The fourth-order valence-electron chi connectivity index (χ4n) is 2.97. The summed E-state index contributed by atoms with van der Waals surface area (Å²) in [6.07, 6.45) is -3.82. The number of aliphatic carboxylic acids is 1. The number of hydrogen-bond donors (Lipinski definition) is 3. The summed E-state index contributed by atoms with van der Waals surface area (Å²) in [6.45, 7) is -1.54. The average Bonchev–Trinajstić information content (AvgIpc) is 2.91. The molecule has 0 bridgehead atoms. The molecule has 0 spiro atoms. The van der Waals surface area contributed by atoms with E-state index in [0.29, 0.717) is 5.75 Å². The molecule has 2 aromatic carbocycles. The van der Waals surface area contributed by atoms with Crippen LogP contribution < -0.4 is 19.5 Å². The van der Waals surface area contributed by atoms with Crippen molar-refractivity contribution in [1.29, 1.82) is 0 Å². The number of carbonyl (C=O) groups excluding carboxylic acids is 1. The van der Waals surface area contributed by atoms with Gasteiger partial charge < -0.3 is 19.9 Å². The lowest BCUT2D eigenvalue weighted by atomic mass is 10.2. The lowest BCUT2D eigenvalue weighted by Crippen LogP contribution is -2.40. The molecule has 210 valence electrons. The van der Waals surface area contributed by atoms with Crippen LogP contribution in [0.5, 0.6) is 11.6 Å². The van der Waals surface area contributed by atoms with Gasteiger partial charge in [0.15, 0.2) is 6.61 Å². The Morgan fingerprint density at radius 1 is 0.975 bits per heavy atom. The molecule has 3 aromatic rings. The summed E-state index contributed by atoms with van der Waals surface area (Å²) in [5, 5.41) is 11.9. The second kappa shape index (κ2) is 13.5. The monoisotopic (exact) mass is 577 g/mol. The third-order valence-corrected chi connectivity index (χ3v) is 6.37. The summed E-state index contributed by atoms with van der Waals surface area (Å²) in [5.41, 5.74) is 0.206. The number of para-hydroxylation sites is 1. The van der Waals surface area contributed by atoms with Gasteiger partial charge in [0.1, 0.15) is 18.4 Å². The molecule has 0 aliphatic rings. The van der Waals surface area contributed by atoms with Crippen molar-refractivity contribution in [3.05, 3.63) is 78.5 Å². The van der Waals surface area contributed by atoms with Crippen LogP contribution in [0.3, 0.4) is 0 Å². The summed E-state index contributed by atoms with van der Waals surface area (Å²) < 4.78 is 74.0. The zero-order valence-electron chi connectivity index (χ0n) is 20.5. The molecular formula is C26H22F3N3O7S. The number of anilines is 1. The molecule has 1 amide bonds. The maximum absolute atomic E-state index is 12.7. The zero-order valence-corrected chi connectivity index (χ0v) is 21.3. The number of amides is 1. The van der Waals surface area contributed by atoms with E-state index in [2.05, 4.69) is 31.6 Å². The molecular weight excluding hydrogens is 555 g/mol. The van der Waals surface area contributed by atoms with E-state index in [-0.39, 0.29) is 35.1 Å². The molecule has 1 heterocycles. The number of rotatable bonds is 11. The van der Waals surface area contributed by atoms with Crippen molar-refractivity contribution in [1.82, 2.24) is 9.71 Å². The lowest BCUT2D eigenvalue weighted by molar-refractivity contribution is -0.154. The molecule has 1 atom stereocenters. The molecule has 0 saturated heterocycles. The van der Waals surface area contributed by atoms with Gasteiger partial charge in [-0.15, -0.1) is 0 Å². The number of halogens is 3. The number of nitrogens with zero attached hydrogens (tertiary/aromatic N) is 1. The summed E-state index contributed by atoms with van der Waals surface area (Å²) >= 11 is 0. The largest absolute Gasteiger partial charge is 0.481 e. The number of carboxylic acid groups (broad SMARTS) is 1. The van der Waals surface area contributed by atoms with Gasteiger partial charge in [-0.1, -0.05) is 30.0 Å². The van der Waals surface area contributed by atoms with Gasteiger partial charge in [0.25, 0.3) is 5.91 Å². The Morgan fingerprint density at radius 3 is 2.27 bits per heavy atom. The maximum atomic E-state index is 12.7. The first-order valence-electron chi connectivity index (χ1n) is 11.4. The number of alkyl halides is 3. The average molecular weight is 578 g/mol. The number of carboxylic acids is 1. The molecule has 0 fully saturated rings. The van der Waals surface area contributed by atoms with E-state index in [4.69, 9.17) is 4.74 Å². The van der Waals surface area contributed by atoms with Crippen molar-refractivity contribution in [3.63, 3.8) is 0 Å². The maximum Gasteiger partial charge on any atom is 0.422 e. The van der Waals surface area contributed by atoms with Gasteiger partial charge in [0, 0.05) is 24.4 Å². The van der Waals surface area contributed by atoms with Crippen LogP contribution in [-0.4, -0.2) is 55.8 Å². The molecule has 10 nitrogen and oxygen atoms in total. The second-order valence-corrected chi connectivity index (χ2v) is 9.65. The highest BCUT2D eigenvalue weighted by Gasteiger charge is 2.28. The van der Waals surface area contributed by atoms with Gasteiger partial charge in [-0.25, -0.2) is 13.4 Å². The minimum absolute atomic E-state index is 0.0114. The molecule has 40 heavy (non-hydrogen) atoms. The highest BCUT2D eigenvalue weighted by atomic mass is 32.2. The van der Waals surface area contributed by atoms with Crippen LogP contribution in [0, 0.1) is 11.8 Å². The molecule has 14 heteroatoms. The number of hydrogen-bond acceptors (Lipinski definition) is 7. The van der Waals surface area contributed by atoms with Gasteiger partial charge >= 0.3 is 12.1 Å². The van der Waals surface area contributed by atoms with Crippen LogP contribution in [-0.2, 0) is 14.8 Å². The van der Waals surface area contributed by atoms with Crippen LogP contribution >= 0.6 is 0 Å². The standard InChI is InChI=1S/C26H22F3N3O7S/c27-26(28,29)17-39-23-14-9-18(16-30-23)24(33)31-19-10-12-21(13-11-19)40(36,37)32-22(25(34)35)8-4-5-15-38-20-6-2-1-3-7-20/h1-3,6-7,9-14,16,22,32H,8,15,17H2,(H,31,33)(H,34,35). The Bertz CT molecular complexity index is 1470. The minimum atomic E-state index is -4.53. The highest BCUT2D eigenvalue weighted by Crippen LogP contribution is 2.19. The van der Waals surface area contributed by atoms with E-state index < -0.39 is 40.7 Å². The predicted octanol–water partition coefficient (Wildman–Crippen LogP) is 3.48. The van der Waals surface area contributed by atoms with Crippen molar-refractivity contribution in [2.75, 3.05) is 18.5 Å². The number of aromatic nitrogens is 1. The van der Waals surface area contributed by atoms with Crippen LogP contribution in [0.2, 0.25) is 0 Å². The van der Waals surface area contributed by atoms with E-state index in [1.54, 1.807) is 24.3 Å². The van der Waals surface area contributed by atoms with Crippen molar-refractivity contribution in [3.8, 4) is 23.5 Å². The fourth-order valence-corrected chi connectivity index (χ4v) is 4.16. The van der Waals surface area contributed by atoms with Crippen molar-refractivity contribution < 1.29 is 45.8 Å². The number of sulfonamides is 1. The van der Waals surface area contributed by atoms with E-state index >= 15 is 0 Å². The molecule has 3 N–H and O–H groups in total. The van der Waals surface area contributed by atoms with Gasteiger partial charge in [0.05, 0.1) is 10.5 Å². The smallest absolute Gasteiger partial charge is 0.422 e. The van der Waals surface area contributed by atoms with Crippen molar-refractivity contribution in [2.24, 2.45) is 0 Å². The van der Waals surface area contributed by atoms with Crippen LogP contribution in [0.15, 0.2) is 77.8 Å². The molecule has 3 rings (SSSR count). The Kier molecular flexibility index (Phi) is 10.1. The SMILES string of the molecule is O=C(Nc1ccc(S(=O)(=O)NC(CC#CCOc2ccccc2)C(=O)O)cc1)c1ccc(OCC(F)(F)F)nc1. The predicted molar refractivity (Wildman–Crippen MR) is 136 cm³/mol. The van der Waals surface area contributed by atoms with Crippen LogP contribution in [0.1, 0.15) is 16.8 Å². The summed E-state index contributed by atoms with van der Waals surface area (Å²) in [5.74, 6) is 3.39. The Morgan fingerprint density at radius 2 is 1.68 bits per heavy atom. The number of ether oxygens (including phenoxy) is 2. The first-order valence-corrected chi connectivity index (χ1v) is 12.9. The Balaban J connectivity index is 1.55. The van der Waals surface area contributed by atoms with Gasteiger partial charge in [-0.05, 0) is 42.5 Å². The second-order valence-electron chi connectivity index (χ2n) is 7.94. The minimum Gasteiger partial charge on any atom is -0.481 e. The first-order chi connectivity index (χ1) is 18.9. The number of pyridine rings is 1. The fraction of sp³-hybridized carbons (Fsp3) is 0.192. The summed E-state index contributed by atoms with van der Waals surface area (Å²) in [4.78, 5) is 27.3. The van der Waals surface area contributed by atoms with Crippen LogP contribution in [0.25, 0.3) is 0 Å². The lowest BCUT2D eigenvalue weighted by Gasteiger charge is -2.13. The van der Waals surface area contributed by atoms with Crippen molar-refractivity contribution in [2.45, 2.75) is 23.5 Å². The summed E-state index contributed by atoms with van der Waals surface area (Å²) in [6, 6.07) is 14.5. The van der Waals surface area contributed by atoms with E-state index in [1.165, 1.54) is 18.2 Å². The molecule has 0 aliphatic carbocycles. The molecule has 1 aromatic heterocycles. The quantitative estimate of drug-likeness (QED) is 0.294. The third-order valence-electron chi connectivity index (χ3n) is 4.89. The normalized spacial score (nSPS) is 12.0. The number of nitrogens with one attached hydrogen (secondary N) is 2. The third kappa shape index (κ3) is 9.61. The van der Waals surface area contributed by atoms with Crippen LogP contribution in [0.4, 0.5) is 18.9 Å². The van der Waals surface area contributed by atoms with Gasteiger partial charge in [-0.2, -0.15) is 17.9 Å². The van der Waals surface area contributed by atoms with E-state index in [9.17, 15) is 36.3 Å². The summed E-state index contributed by atoms with van der Waals surface area (Å²) in [7, 11) is -4.25. The van der Waals surface area contributed by atoms with Crippen molar-refractivity contribution >= 4 is 27.6 Å². The molecule has 1 unspecified atom stereocenters. The highest BCUT2D eigenvalue weighted by molar-refractivity contribution is 7.89. The van der Waals surface area contributed by atoms with E-state index in [1.807, 2.05) is 6.07 Å². The Hall–Kier alpha value is -4.61. The molecule has 0 aliphatic heterocycles. The van der Waals surface area contributed by atoms with E-state index in [0.717, 1.165) is 24.4 Å². The van der Waals surface area contributed by atoms with Gasteiger partial charge in [0.2, 0.25) is 15.9 Å². The Labute approximate surface area is 227 Å². The zero-order chi connectivity index (χ0) is 29.2. The molecule has 0 saturated carbocycles.